The highest BCUT2D eigenvalue weighted by Gasteiger charge is 2.31. The van der Waals surface area contributed by atoms with Crippen molar-refractivity contribution < 1.29 is 22.8 Å². The molecule has 2 N–H and O–H groups in total. The Morgan fingerprint density at radius 3 is 2.44 bits per heavy atom. The van der Waals surface area contributed by atoms with E-state index in [9.17, 15) is 22.8 Å². The van der Waals surface area contributed by atoms with E-state index in [2.05, 4.69) is 20.7 Å². The van der Waals surface area contributed by atoms with Gasteiger partial charge in [-0.3, -0.25) is 9.59 Å². The van der Waals surface area contributed by atoms with Gasteiger partial charge in [0.05, 0.1) is 16.9 Å². The number of hydrogen-bond acceptors (Lipinski definition) is 4. The molecular weight excluding hydrogens is 363 g/mol. The molecular formula is C17H20F3N5O2. The number of nitrogens with one attached hydrogen (secondary N) is 2. The van der Waals surface area contributed by atoms with E-state index in [0.29, 0.717) is 0 Å². The predicted molar refractivity (Wildman–Crippen MR) is 92.1 cm³/mol. The van der Waals surface area contributed by atoms with Gasteiger partial charge in [-0.15, -0.1) is 0 Å². The summed E-state index contributed by atoms with van der Waals surface area (Å²) in [7, 11) is 0. The number of alkyl halides is 3. The molecule has 146 valence electrons. The molecule has 0 saturated carbocycles. The molecule has 0 atom stereocenters. The van der Waals surface area contributed by atoms with Gasteiger partial charge in [-0.2, -0.15) is 18.3 Å². The van der Waals surface area contributed by atoms with Crippen molar-refractivity contribution in [3.63, 3.8) is 0 Å². The fourth-order valence-electron chi connectivity index (χ4n) is 2.11. The Bertz CT molecular complexity index is 811. The number of rotatable bonds is 5. The molecule has 0 saturated heterocycles. The fraction of sp³-hybridized carbons (Fsp3) is 0.412. The van der Waals surface area contributed by atoms with E-state index in [1.165, 1.54) is 23.4 Å². The maximum Gasteiger partial charge on any atom is 0.416 e. The summed E-state index contributed by atoms with van der Waals surface area (Å²) in [5.41, 5.74) is -1.31. The lowest BCUT2D eigenvalue weighted by atomic mass is 9.96. The van der Waals surface area contributed by atoms with Crippen LogP contribution in [0.1, 0.15) is 32.8 Å². The van der Waals surface area contributed by atoms with Crippen LogP contribution >= 0.6 is 0 Å². The zero-order valence-corrected chi connectivity index (χ0v) is 15.1. The number of halogens is 3. The summed E-state index contributed by atoms with van der Waals surface area (Å²) in [6.45, 7) is 5.26. The highest BCUT2D eigenvalue weighted by atomic mass is 19.4. The first-order chi connectivity index (χ1) is 12.5. The maximum atomic E-state index is 13.0. The summed E-state index contributed by atoms with van der Waals surface area (Å²) >= 11 is 0. The molecule has 27 heavy (non-hydrogen) atoms. The number of carbonyl (C=O) groups is 2. The highest BCUT2D eigenvalue weighted by molar-refractivity contribution is 5.93. The Kier molecular flexibility index (Phi) is 5.87. The standard InChI is InChI=1S/C17H20F3N5O2/c1-16(2,3)15(27)22-7-6-14(26)24-12-8-11(17(18,19)20)4-5-13(12)25-10-21-9-23-25/h4-5,8-10H,6-7H2,1-3H3,(H,22,27)(H,24,26). The molecule has 0 spiro atoms. The van der Waals surface area contributed by atoms with Crippen LogP contribution in [0, 0.1) is 5.41 Å². The zero-order chi connectivity index (χ0) is 20.2. The van der Waals surface area contributed by atoms with E-state index in [4.69, 9.17) is 0 Å². The smallest absolute Gasteiger partial charge is 0.355 e. The largest absolute Gasteiger partial charge is 0.416 e. The third-order valence-electron chi connectivity index (χ3n) is 3.58. The third-order valence-corrected chi connectivity index (χ3v) is 3.58. The Balaban J connectivity index is 2.13. The predicted octanol–water partition coefficient (Wildman–Crippen LogP) is 2.78. The molecule has 1 aromatic carbocycles. The van der Waals surface area contributed by atoms with Crippen molar-refractivity contribution in [3.05, 3.63) is 36.4 Å². The monoisotopic (exact) mass is 383 g/mol. The summed E-state index contributed by atoms with van der Waals surface area (Å²) in [4.78, 5) is 27.7. The number of amides is 2. The topological polar surface area (TPSA) is 88.9 Å². The lowest BCUT2D eigenvalue weighted by Gasteiger charge is -2.18. The number of benzene rings is 1. The molecule has 1 heterocycles. The minimum absolute atomic E-state index is 0.0533. The molecule has 0 aliphatic heterocycles. The van der Waals surface area contributed by atoms with Crippen molar-refractivity contribution in [2.45, 2.75) is 33.4 Å². The second kappa shape index (κ2) is 7.77. The maximum absolute atomic E-state index is 13.0. The summed E-state index contributed by atoms with van der Waals surface area (Å²) in [5.74, 6) is -0.762. The Labute approximate surface area is 154 Å². The number of carbonyl (C=O) groups excluding carboxylic acids is 2. The van der Waals surface area contributed by atoms with Gasteiger partial charge in [-0.1, -0.05) is 20.8 Å². The quantitative estimate of drug-likeness (QED) is 0.831. The van der Waals surface area contributed by atoms with Gasteiger partial charge in [0.25, 0.3) is 0 Å². The third kappa shape index (κ3) is 5.53. The molecule has 7 nitrogen and oxygen atoms in total. The van der Waals surface area contributed by atoms with Crippen molar-refractivity contribution in [1.29, 1.82) is 0 Å². The van der Waals surface area contributed by atoms with Crippen LogP contribution in [-0.2, 0) is 15.8 Å². The lowest BCUT2D eigenvalue weighted by molar-refractivity contribution is -0.137. The SMILES string of the molecule is CC(C)(C)C(=O)NCCC(=O)Nc1cc(C(F)(F)F)ccc1-n1cncn1. The van der Waals surface area contributed by atoms with Crippen LogP contribution in [0.25, 0.3) is 5.69 Å². The van der Waals surface area contributed by atoms with Crippen molar-refractivity contribution in [3.8, 4) is 5.69 Å². The number of anilines is 1. The molecule has 0 unspecified atom stereocenters. The minimum atomic E-state index is -4.55. The van der Waals surface area contributed by atoms with Gasteiger partial charge >= 0.3 is 6.18 Å². The van der Waals surface area contributed by atoms with E-state index < -0.39 is 23.1 Å². The molecule has 0 aliphatic carbocycles. The van der Waals surface area contributed by atoms with Gasteiger partial charge in [0.1, 0.15) is 12.7 Å². The van der Waals surface area contributed by atoms with Crippen LogP contribution < -0.4 is 10.6 Å². The molecule has 2 aromatic rings. The van der Waals surface area contributed by atoms with Crippen molar-refractivity contribution >= 4 is 17.5 Å². The fourth-order valence-corrected chi connectivity index (χ4v) is 2.11. The highest BCUT2D eigenvalue weighted by Crippen LogP contribution is 2.33. The first-order valence-corrected chi connectivity index (χ1v) is 8.13. The van der Waals surface area contributed by atoms with E-state index in [-0.39, 0.29) is 30.2 Å². The van der Waals surface area contributed by atoms with E-state index in [0.717, 1.165) is 12.1 Å². The van der Waals surface area contributed by atoms with E-state index in [1.807, 2.05) is 0 Å². The summed E-state index contributed by atoms with van der Waals surface area (Å²) in [5, 5.41) is 8.93. The summed E-state index contributed by atoms with van der Waals surface area (Å²) in [6.07, 6.45) is -2.11. The van der Waals surface area contributed by atoms with Gasteiger partial charge < -0.3 is 10.6 Å². The van der Waals surface area contributed by atoms with E-state index in [1.54, 1.807) is 20.8 Å². The first kappa shape index (κ1) is 20.4. The minimum Gasteiger partial charge on any atom is -0.355 e. The molecule has 1 aromatic heterocycles. The first-order valence-electron chi connectivity index (χ1n) is 8.13. The van der Waals surface area contributed by atoms with Crippen LogP contribution in [-0.4, -0.2) is 33.1 Å². The number of aromatic nitrogens is 3. The van der Waals surface area contributed by atoms with Crippen LogP contribution in [0.2, 0.25) is 0 Å². The molecule has 0 radical (unpaired) electrons. The summed E-state index contributed by atoms with van der Waals surface area (Å²) < 4.78 is 40.2. The van der Waals surface area contributed by atoms with Gasteiger partial charge in [-0.25, -0.2) is 9.67 Å². The van der Waals surface area contributed by atoms with Crippen molar-refractivity contribution in [2.75, 3.05) is 11.9 Å². The number of hydrogen-bond donors (Lipinski definition) is 2. The second-order valence-electron chi connectivity index (χ2n) is 6.87. The summed E-state index contributed by atoms with van der Waals surface area (Å²) in [6, 6.07) is 2.94. The molecule has 0 bridgehead atoms. The van der Waals surface area contributed by atoms with Gasteiger partial charge in [-0.05, 0) is 18.2 Å². The molecule has 0 aliphatic rings. The van der Waals surface area contributed by atoms with Crippen molar-refractivity contribution in [2.24, 2.45) is 5.41 Å². The van der Waals surface area contributed by atoms with Gasteiger partial charge in [0, 0.05) is 18.4 Å². The van der Waals surface area contributed by atoms with Crippen LogP contribution in [0.5, 0.6) is 0 Å². The van der Waals surface area contributed by atoms with Gasteiger partial charge in [0.15, 0.2) is 0 Å². The molecule has 10 heteroatoms. The molecule has 2 rings (SSSR count). The average Bonchev–Trinajstić information content (AvgIpc) is 3.07. The van der Waals surface area contributed by atoms with E-state index >= 15 is 0 Å². The average molecular weight is 383 g/mol. The number of nitrogens with zero attached hydrogens (tertiary/aromatic N) is 3. The van der Waals surface area contributed by atoms with Crippen LogP contribution in [0.3, 0.4) is 0 Å². The normalized spacial score (nSPS) is 11.9. The molecule has 2 amide bonds. The Morgan fingerprint density at radius 2 is 1.89 bits per heavy atom. The second-order valence-corrected chi connectivity index (χ2v) is 6.87. The van der Waals surface area contributed by atoms with Crippen molar-refractivity contribution in [1.82, 2.24) is 20.1 Å². The lowest BCUT2D eigenvalue weighted by Crippen LogP contribution is -2.36. The Morgan fingerprint density at radius 1 is 1.19 bits per heavy atom. The Hall–Kier alpha value is -2.91. The van der Waals surface area contributed by atoms with Gasteiger partial charge in [0.2, 0.25) is 11.8 Å². The zero-order valence-electron chi connectivity index (χ0n) is 15.1. The van der Waals surface area contributed by atoms with Crippen LogP contribution in [0.4, 0.5) is 18.9 Å². The van der Waals surface area contributed by atoms with Crippen LogP contribution in [0.15, 0.2) is 30.9 Å². The molecule has 0 fully saturated rings.